The maximum absolute atomic E-state index is 13.9. The van der Waals surface area contributed by atoms with Crippen LogP contribution >= 0.6 is 0 Å². The lowest BCUT2D eigenvalue weighted by atomic mass is 9.85. The van der Waals surface area contributed by atoms with E-state index in [0.29, 0.717) is 0 Å². The van der Waals surface area contributed by atoms with Crippen molar-refractivity contribution in [2.24, 2.45) is 10.8 Å². The van der Waals surface area contributed by atoms with E-state index in [9.17, 15) is 24.3 Å². The quantitative estimate of drug-likeness (QED) is 0.154. The Hall–Kier alpha value is -5.01. The number of carbonyl (C=O) groups excluding carboxylic acids is 4. The Morgan fingerprint density at radius 2 is 1.37 bits per heavy atom. The molecule has 4 atom stereocenters. The Balaban J connectivity index is 1.97. The standard InChI is InChI=1S/C38H52N6O7/c1-37(2,3)31(41-35(48)50-7)33(46)40-29(22-25-14-10-9-11-15-25)30(45)24-44(43-34(47)32(38(4,5)6)42-36(49)51-8)23-26-17-19-27(20-18-26)28-16-12-13-21-39-28/h9-21,29-32,45H,22-24H2,1-8H3,(H,40,46)(H,41,48)(H,42,49)(H,43,47)/t29-,30-,31+,32+/m0/s1/i8D3. The van der Waals surface area contributed by atoms with Crippen molar-refractivity contribution >= 4 is 24.0 Å². The lowest BCUT2D eigenvalue weighted by molar-refractivity contribution is -0.132. The van der Waals surface area contributed by atoms with E-state index in [1.165, 1.54) is 12.1 Å². The van der Waals surface area contributed by atoms with Gasteiger partial charge in [-0.05, 0) is 40.5 Å². The van der Waals surface area contributed by atoms with Crippen LogP contribution in [0.25, 0.3) is 11.3 Å². The van der Waals surface area contributed by atoms with E-state index in [0.717, 1.165) is 22.4 Å². The fourth-order valence-corrected chi connectivity index (χ4v) is 5.35. The molecule has 0 aliphatic rings. The predicted molar refractivity (Wildman–Crippen MR) is 194 cm³/mol. The van der Waals surface area contributed by atoms with Crippen LogP contribution in [-0.4, -0.2) is 84.0 Å². The van der Waals surface area contributed by atoms with E-state index in [1.807, 2.05) is 72.8 Å². The highest BCUT2D eigenvalue weighted by Crippen LogP contribution is 2.23. The Morgan fingerprint density at radius 3 is 1.92 bits per heavy atom. The van der Waals surface area contributed by atoms with E-state index < -0.39 is 66.1 Å². The molecular formula is C38H52N6O7. The fourth-order valence-electron chi connectivity index (χ4n) is 5.35. The molecule has 5 N–H and O–H groups in total. The van der Waals surface area contributed by atoms with E-state index >= 15 is 0 Å². The highest BCUT2D eigenvalue weighted by molar-refractivity contribution is 5.87. The molecule has 0 bridgehead atoms. The van der Waals surface area contributed by atoms with Crippen molar-refractivity contribution in [1.82, 2.24) is 31.4 Å². The minimum atomic E-state index is -3.03. The number of methoxy groups -OCH3 is 2. The first kappa shape index (κ1) is 35.8. The van der Waals surface area contributed by atoms with Crippen molar-refractivity contribution < 1.29 is 37.9 Å². The van der Waals surface area contributed by atoms with E-state index in [2.05, 4.69) is 31.1 Å². The zero-order valence-electron chi connectivity index (χ0n) is 33.2. The third kappa shape index (κ3) is 12.7. The average molecular weight is 708 g/mol. The first-order chi connectivity index (χ1) is 25.2. The molecule has 13 heteroatoms. The van der Waals surface area contributed by atoms with Crippen LogP contribution in [0, 0.1) is 10.8 Å². The smallest absolute Gasteiger partial charge is 0.407 e. The van der Waals surface area contributed by atoms with E-state index in [1.54, 1.807) is 47.7 Å². The van der Waals surface area contributed by atoms with E-state index in [4.69, 9.17) is 8.85 Å². The van der Waals surface area contributed by atoms with Gasteiger partial charge in [0.25, 0.3) is 5.91 Å². The maximum atomic E-state index is 13.9. The second kappa shape index (κ2) is 18.3. The summed E-state index contributed by atoms with van der Waals surface area (Å²) in [6, 6.07) is 19.0. The summed E-state index contributed by atoms with van der Waals surface area (Å²) in [5.74, 6) is -1.26. The molecule has 0 spiro atoms. The lowest BCUT2D eigenvalue weighted by Gasteiger charge is -2.35. The normalized spacial score (nSPS) is 15.1. The van der Waals surface area contributed by atoms with Gasteiger partial charge in [0.1, 0.15) is 12.1 Å². The van der Waals surface area contributed by atoms with Crippen molar-refractivity contribution in [2.45, 2.75) is 78.7 Å². The summed E-state index contributed by atoms with van der Waals surface area (Å²) in [7, 11) is -1.84. The van der Waals surface area contributed by atoms with Crippen molar-refractivity contribution in [3.63, 3.8) is 0 Å². The number of amides is 4. The van der Waals surface area contributed by atoms with Crippen molar-refractivity contribution in [1.29, 1.82) is 0 Å². The van der Waals surface area contributed by atoms with Crippen LogP contribution in [-0.2, 0) is 32.0 Å². The number of aliphatic hydroxyl groups excluding tert-OH is 1. The van der Waals surface area contributed by atoms with Crippen LogP contribution in [0.2, 0.25) is 0 Å². The summed E-state index contributed by atoms with van der Waals surface area (Å²) in [5.41, 5.74) is 4.32. The number of nitrogens with zero attached hydrogens (tertiary/aromatic N) is 2. The molecule has 1 heterocycles. The second-order valence-corrected chi connectivity index (χ2v) is 14.4. The molecule has 1 aromatic heterocycles. The zero-order valence-corrected chi connectivity index (χ0v) is 30.2. The van der Waals surface area contributed by atoms with Gasteiger partial charge < -0.3 is 30.5 Å². The first-order valence-electron chi connectivity index (χ1n) is 18.1. The monoisotopic (exact) mass is 707 g/mol. The van der Waals surface area contributed by atoms with Gasteiger partial charge in [-0.3, -0.25) is 20.0 Å². The zero-order chi connectivity index (χ0) is 40.3. The molecule has 3 aromatic rings. The number of aliphatic hydroxyl groups is 1. The Kier molecular flexibility index (Phi) is 12.8. The molecule has 0 unspecified atom stereocenters. The van der Waals surface area contributed by atoms with Crippen LogP contribution in [0.3, 0.4) is 0 Å². The Morgan fingerprint density at radius 1 is 0.784 bits per heavy atom. The topological polar surface area (TPSA) is 171 Å². The second-order valence-electron chi connectivity index (χ2n) is 14.4. The number of alkyl carbamates (subject to hydrolysis) is 2. The number of aromatic nitrogens is 1. The number of pyridine rings is 1. The molecule has 0 saturated heterocycles. The molecular weight excluding hydrogens is 652 g/mol. The summed E-state index contributed by atoms with van der Waals surface area (Å²) in [6.07, 6.45) is -1.52. The highest BCUT2D eigenvalue weighted by atomic mass is 16.5. The summed E-state index contributed by atoms with van der Waals surface area (Å²) < 4.78 is 31.1. The van der Waals surface area contributed by atoms with Gasteiger partial charge in [-0.2, -0.15) is 0 Å². The Labute approximate surface area is 304 Å². The third-order valence-corrected chi connectivity index (χ3v) is 8.11. The minimum absolute atomic E-state index is 0.0718. The molecule has 4 amide bonds. The van der Waals surface area contributed by atoms with Gasteiger partial charge in [0.2, 0.25) is 5.91 Å². The van der Waals surface area contributed by atoms with E-state index in [-0.39, 0.29) is 19.5 Å². The molecule has 51 heavy (non-hydrogen) atoms. The summed E-state index contributed by atoms with van der Waals surface area (Å²) in [6.45, 7) is 10.2. The molecule has 3 rings (SSSR count). The summed E-state index contributed by atoms with van der Waals surface area (Å²) in [5, 5.41) is 21.2. The average Bonchev–Trinajstić information content (AvgIpc) is 3.08. The third-order valence-electron chi connectivity index (χ3n) is 8.11. The summed E-state index contributed by atoms with van der Waals surface area (Å²) >= 11 is 0. The number of hydrazine groups is 1. The van der Waals surface area contributed by atoms with Gasteiger partial charge in [0, 0.05) is 24.8 Å². The fraction of sp³-hybridized carbons (Fsp3) is 0.447. The number of hydrogen-bond donors (Lipinski definition) is 5. The number of hydrogen-bond acceptors (Lipinski definition) is 9. The van der Waals surface area contributed by atoms with Crippen molar-refractivity contribution in [3.05, 3.63) is 90.1 Å². The van der Waals surface area contributed by atoms with Crippen LogP contribution in [0.15, 0.2) is 79.0 Å². The number of nitrogens with one attached hydrogen (secondary N) is 4. The van der Waals surface area contributed by atoms with Gasteiger partial charge in [0.15, 0.2) is 0 Å². The SMILES string of the molecule is [2H]C([2H])([2H])OC(=O)N[C@H](C(=O)NN(Cc1ccc(-c2ccccn2)cc1)C[C@H](O)[C@H](Cc1ccccc1)NC(=O)[C@@H](NC(=O)OC)C(C)(C)C)C(C)(C)C. The molecule has 0 aliphatic heterocycles. The largest absolute Gasteiger partial charge is 0.453 e. The van der Waals surface area contributed by atoms with Crippen LogP contribution in [0.5, 0.6) is 0 Å². The van der Waals surface area contributed by atoms with Gasteiger partial charge in [-0.1, -0.05) is 102 Å². The number of benzene rings is 2. The molecule has 0 saturated carbocycles. The van der Waals surface area contributed by atoms with Crippen LogP contribution in [0.4, 0.5) is 9.59 Å². The van der Waals surface area contributed by atoms with Crippen molar-refractivity contribution in [3.8, 4) is 11.3 Å². The number of ether oxygens (including phenoxy) is 2. The first-order valence-corrected chi connectivity index (χ1v) is 16.6. The molecule has 13 nitrogen and oxygen atoms in total. The highest BCUT2D eigenvalue weighted by Gasteiger charge is 2.37. The molecule has 2 aromatic carbocycles. The lowest BCUT2D eigenvalue weighted by Crippen LogP contribution is -2.60. The predicted octanol–water partition coefficient (Wildman–Crippen LogP) is 4.21. The summed E-state index contributed by atoms with van der Waals surface area (Å²) in [4.78, 5) is 56.8. The molecule has 0 fully saturated rings. The Bertz CT molecular complexity index is 1680. The number of rotatable bonds is 14. The maximum Gasteiger partial charge on any atom is 0.407 e. The van der Waals surface area contributed by atoms with Gasteiger partial charge in [-0.15, -0.1) is 0 Å². The molecule has 0 aliphatic carbocycles. The van der Waals surface area contributed by atoms with Crippen molar-refractivity contribution in [2.75, 3.05) is 20.7 Å². The van der Waals surface area contributed by atoms with Gasteiger partial charge in [0.05, 0.1) is 36.1 Å². The molecule has 276 valence electrons. The minimum Gasteiger partial charge on any atom is -0.453 e. The van der Waals surface area contributed by atoms with Gasteiger partial charge in [-0.25, -0.2) is 14.6 Å². The number of carbonyl (C=O) groups is 4. The molecule has 0 radical (unpaired) electrons. The van der Waals surface area contributed by atoms with Gasteiger partial charge >= 0.3 is 12.2 Å². The van der Waals surface area contributed by atoms with Crippen LogP contribution < -0.4 is 21.4 Å². The van der Waals surface area contributed by atoms with Crippen LogP contribution in [0.1, 0.15) is 56.8 Å².